The van der Waals surface area contributed by atoms with Gasteiger partial charge in [0, 0.05) is 6.42 Å². The van der Waals surface area contributed by atoms with E-state index in [9.17, 15) is 4.79 Å². The van der Waals surface area contributed by atoms with Crippen LogP contribution in [0.25, 0.3) is 0 Å². The predicted octanol–water partition coefficient (Wildman–Crippen LogP) is -4.74. The van der Waals surface area contributed by atoms with Crippen molar-refractivity contribution in [3.8, 4) is 0 Å². The number of carbonyl (C=O) groups excluding carboxylic acids is 1. The first-order chi connectivity index (χ1) is 8.24. The maximum atomic E-state index is 11.0. The van der Waals surface area contributed by atoms with E-state index >= 15 is 0 Å². The summed E-state index contributed by atoms with van der Waals surface area (Å²) in [5.41, 5.74) is 4.83. The average Bonchev–Trinajstić information content (AvgIpc) is 2.27. The van der Waals surface area contributed by atoms with Gasteiger partial charge in [-0.1, -0.05) is 30.3 Å². The Labute approximate surface area is 106 Å². The van der Waals surface area contributed by atoms with Crippen molar-refractivity contribution in [2.45, 2.75) is 12.5 Å². The molecule has 7 nitrogen and oxygen atoms in total. The number of esters is 1. The fourth-order valence-corrected chi connectivity index (χ4v) is 1.15. The summed E-state index contributed by atoms with van der Waals surface area (Å²) in [4.78, 5) is 11.0. The first kappa shape index (κ1) is 16.8. The standard InChI is InChI=1S/C10H13NO2.ClHO4/c1-13-10(12)9(11)7-8-5-3-2-4-6-8;2-1(3,4)5/h2-6,9H,7,11H2,1H3;(H,2,3,4,5)/t9-;/m0./s1. The lowest BCUT2D eigenvalue weighted by molar-refractivity contribution is -2.00. The van der Waals surface area contributed by atoms with Crippen LogP contribution in [0.2, 0.25) is 0 Å². The van der Waals surface area contributed by atoms with Crippen LogP contribution in [0, 0.1) is 10.2 Å². The number of rotatable bonds is 3. The summed E-state index contributed by atoms with van der Waals surface area (Å²) in [5.74, 6) is -0.260. The topological polar surface area (TPSA) is 146 Å². The van der Waals surface area contributed by atoms with Gasteiger partial charge in [0.05, 0.1) is 7.11 Å². The number of benzene rings is 1. The van der Waals surface area contributed by atoms with Crippen molar-refractivity contribution in [3.63, 3.8) is 0 Å². The fraction of sp³-hybridized carbons (Fsp3) is 0.300. The third-order valence-corrected chi connectivity index (χ3v) is 1.86. The molecule has 0 aliphatic heterocycles. The molecule has 0 amide bonds. The minimum Gasteiger partial charge on any atom is -0.465 e. The molecule has 0 saturated heterocycles. The van der Waals surface area contributed by atoms with Crippen LogP contribution >= 0.6 is 0 Å². The van der Waals surface area contributed by atoms with E-state index in [-0.39, 0.29) is 12.0 Å². The van der Waals surface area contributed by atoms with Gasteiger partial charge in [-0.2, -0.15) is 0 Å². The molecule has 0 heterocycles. The van der Waals surface area contributed by atoms with Crippen molar-refractivity contribution in [2.75, 3.05) is 7.11 Å². The van der Waals surface area contributed by atoms with Gasteiger partial charge in [0.15, 0.2) is 6.04 Å². The van der Waals surface area contributed by atoms with Gasteiger partial charge in [-0.05, 0) is 5.56 Å². The lowest BCUT2D eigenvalue weighted by atomic mass is 10.1. The molecule has 1 aromatic rings. The molecule has 0 aliphatic carbocycles. The van der Waals surface area contributed by atoms with Crippen LogP contribution in [0.5, 0.6) is 0 Å². The Morgan fingerprint density at radius 2 is 1.72 bits per heavy atom. The molecular formula is C10H14ClNO6. The molecule has 1 aromatic carbocycles. The first-order valence-electron chi connectivity index (χ1n) is 4.80. The predicted molar refractivity (Wildman–Crippen MR) is 48.8 cm³/mol. The zero-order chi connectivity index (χ0) is 14.2. The van der Waals surface area contributed by atoms with Gasteiger partial charge in [0.1, 0.15) is 0 Å². The Morgan fingerprint density at radius 3 is 2.11 bits per heavy atom. The van der Waals surface area contributed by atoms with E-state index in [0.29, 0.717) is 6.42 Å². The van der Waals surface area contributed by atoms with Gasteiger partial charge >= 0.3 is 5.97 Å². The number of methoxy groups -OCH3 is 1. The molecule has 3 N–H and O–H groups in total. The summed E-state index contributed by atoms with van der Waals surface area (Å²) in [7, 11) is -3.56. The van der Waals surface area contributed by atoms with Crippen LogP contribution in [-0.2, 0) is 16.0 Å². The van der Waals surface area contributed by atoms with Gasteiger partial charge in [-0.3, -0.25) is 0 Å². The Bertz CT molecular complexity index is 347. The van der Waals surface area contributed by atoms with Crippen LogP contribution < -0.4 is 24.4 Å². The number of carbonyl (C=O) groups is 1. The van der Waals surface area contributed by atoms with Crippen LogP contribution in [0.4, 0.5) is 0 Å². The van der Waals surface area contributed by atoms with Crippen LogP contribution in [0.15, 0.2) is 30.3 Å². The van der Waals surface area contributed by atoms with Crippen molar-refractivity contribution < 1.29 is 44.1 Å². The minimum absolute atomic E-state index is 0.260. The largest absolute Gasteiger partial charge is 0.465 e. The molecule has 0 saturated carbocycles. The maximum absolute atomic E-state index is 11.0. The average molecular weight is 280 g/mol. The molecule has 0 aromatic heterocycles. The van der Waals surface area contributed by atoms with E-state index in [1.165, 1.54) is 7.11 Å². The lowest BCUT2D eigenvalue weighted by Crippen LogP contribution is -2.68. The van der Waals surface area contributed by atoms with Gasteiger partial charge in [0.25, 0.3) is 0 Å². The quantitative estimate of drug-likeness (QED) is 0.550. The highest BCUT2D eigenvalue weighted by Gasteiger charge is 2.17. The summed E-state index contributed by atoms with van der Waals surface area (Å²) in [6.07, 6.45) is 0.632. The molecule has 1 rings (SSSR count). The van der Waals surface area contributed by atoms with Crippen molar-refractivity contribution >= 4 is 5.97 Å². The number of hydrogen-bond donors (Lipinski definition) is 1. The second-order valence-electron chi connectivity index (χ2n) is 3.29. The monoisotopic (exact) mass is 279 g/mol. The molecule has 8 heteroatoms. The van der Waals surface area contributed by atoms with Crippen molar-refractivity contribution in [2.24, 2.45) is 0 Å². The Morgan fingerprint density at radius 1 is 1.28 bits per heavy atom. The molecule has 0 fully saturated rings. The SMILES string of the molecule is COC(=O)[C@@H]([NH3+])Cc1ccccc1.[O-][Cl+3]([O-])([O-])[O-]. The highest BCUT2D eigenvalue weighted by Crippen LogP contribution is 2.01. The van der Waals surface area contributed by atoms with Crippen LogP contribution in [0.3, 0.4) is 0 Å². The smallest absolute Gasteiger partial charge is 0.364 e. The van der Waals surface area contributed by atoms with Crippen molar-refractivity contribution in [1.82, 2.24) is 0 Å². The number of ether oxygens (including phenoxy) is 1. The highest BCUT2D eigenvalue weighted by molar-refractivity contribution is 5.74. The number of hydrogen-bond acceptors (Lipinski definition) is 6. The van der Waals surface area contributed by atoms with Gasteiger partial charge in [0.2, 0.25) is 0 Å². The van der Waals surface area contributed by atoms with Gasteiger partial charge in [-0.15, -0.1) is 10.2 Å². The van der Waals surface area contributed by atoms with E-state index in [1.54, 1.807) is 0 Å². The second kappa shape index (κ2) is 7.98. The molecule has 102 valence electrons. The third-order valence-electron chi connectivity index (χ3n) is 1.86. The molecular weight excluding hydrogens is 266 g/mol. The maximum Gasteiger partial charge on any atom is 0.364 e. The van der Waals surface area contributed by atoms with E-state index in [4.69, 9.17) is 18.6 Å². The summed E-state index contributed by atoms with van der Waals surface area (Å²) < 4.78 is 38.6. The zero-order valence-electron chi connectivity index (χ0n) is 9.71. The molecule has 0 unspecified atom stereocenters. The molecule has 0 aliphatic rings. The molecule has 0 spiro atoms. The van der Waals surface area contributed by atoms with E-state index in [2.05, 4.69) is 10.5 Å². The Kier molecular flexibility index (Phi) is 7.44. The molecule has 18 heavy (non-hydrogen) atoms. The summed E-state index contributed by atoms with van der Waals surface area (Å²) in [6, 6.07) is 9.47. The normalized spacial score (nSPS) is 12.1. The summed E-state index contributed by atoms with van der Waals surface area (Å²) in [5, 5.41) is 0. The second-order valence-corrected chi connectivity index (χ2v) is 4.04. The van der Waals surface area contributed by atoms with Crippen LogP contribution in [0.1, 0.15) is 5.56 Å². The molecule has 0 bridgehead atoms. The minimum atomic E-state index is -4.94. The summed E-state index contributed by atoms with van der Waals surface area (Å²) >= 11 is 0. The van der Waals surface area contributed by atoms with Gasteiger partial charge in [-0.25, -0.2) is 23.4 Å². The van der Waals surface area contributed by atoms with Crippen LogP contribution in [-0.4, -0.2) is 19.1 Å². The molecule has 1 atom stereocenters. The molecule has 0 radical (unpaired) electrons. The zero-order valence-corrected chi connectivity index (χ0v) is 10.5. The van der Waals surface area contributed by atoms with E-state index in [0.717, 1.165) is 5.56 Å². The van der Waals surface area contributed by atoms with E-state index in [1.807, 2.05) is 30.3 Å². The number of halogens is 1. The number of quaternary nitrogens is 1. The Hall–Kier alpha value is -1.22. The fourth-order valence-electron chi connectivity index (χ4n) is 1.15. The lowest BCUT2D eigenvalue weighted by Gasteiger charge is -2.17. The summed E-state index contributed by atoms with van der Waals surface area (Å²) in [6.45, 7) is 0. The van der Waals surface area contributed by atoms with E-state index < -0.39 is 10.2 Å². The van der Waals surface area contributed by atoms with Crippen molar-refractivity contribution in [1.29, 1.82) is 0 Å². The van der Waals surface area contributed by atoms with Crippen molar-refractivity contribution in [3.05, 3.63) is 35.9 Å². The Balaban J connectivity index is 0.000000494. The first-order valence-corrected chi connectivity index (χ1v) is 6.04. The highest BCUT2D eigenvalue weighted by atomic mass is 35.7. The third kappa shape index (κ3) is 9.97. The van der Waals surface area contributed by atoms with Gasteiger partial charge < -0.3 is 10.5 Å².